The number of rotatable bonds is 6. The Hall–Kier alpha value is -3.04. The fourth-order valence-electron chi connectivity index (χ4n) is 6.31. The smallest absolute Gasteiger partial charge is 0.232 e. The van der Waals surface area contributed by atoms with Gasteiger partial charge >= 0.3 is 0 Å². The lowest BCUT2D eigenvalue weighted by molar-refractivity contribution is -0.136. The number of aromatic nitrogens is 3. The number of hydrogen-bond donors (Lipinski definition) is 0. The van der Waals surface area contributed by atoms with Gasteiger partial charge in [-0.2, -0.15) is 4.31 Å². The van der Waals surface area contributed by atoms with E-state index in [4.69, 9.17) is 0 Å². The third kappa shape index (κ3) is 4.89. The average molecular weight is 536 g/mol. The lowest BCUT2D eigenvalue weighted by Crippen LogP contribution is -2.46. The molecule has 2 heterocycles. The summed E-state index contributed by atoms with van der Waals surface area (Å²) in [7, 11) is 0.131. The number of sulfonamides is 1. The Kier molecular flexibility index (Phi) is 7.42. The van der Waals surface area contributed by atoms with Crippen LogP contribution in [0.25, 0.3) is 0 Å². The van der Waals surface area contributed by atoms with Crippen LogP contribution >= 0.6 is 0 Å². The van der Waals surface area contributed by atoms with E-state index in [2.05, 4.69) is 10.2 Å². The zero-order chi connectivity index (χ0) is 26.9. The Labute approximate surface area is 225 Å². The zero-order valence-electron chi connectivity index (χ0n) is 22.4. The van der Waals surface area contributed by atoms with E-state index in [1.54, 1.807) is 21.9 Å². The van der Waals surface area contributed by atoms with Gasteiger partial charge in [-0.1, -0.05) is 54.6 Å². The van der Waals surface area contributed by atoms with E-state index in [-0.39, 0.29) is 18.0 Å². The van der Waals surface area contributed by atoms with Crippen molar-refractivity contribution in [2.24, 2.45) is 0 Å². The van der Waals surface area contributed by atoms with Crippen molar-refractivity contribution in [3.8, 4) is 0 Å². The third-order valence-corrected chi connectivity index (χ3v) is 10.9. The normalized spacial score (nSPS) is 27.6. The Morgan fingerprint density at radius 2 is 1.58 bits per heavy atom. The predicted octanol–water partition coefficient (Wildman–Crippen LogP) is 4.47. The molecule has 0 unspecified atom stereocenters. The lowest BCUT2D eigenvalue weighted by Gasteiger charge is -2.41. The minimum absolute atomic E-state index is 0.0609. The van der Waals surface area contributed by atoms with Crippen LogP contribution in [-0.4, -0.2) is 58.4 Å². The predicted molar refractivity (Wildman–Crippen MR) is 147 cm³/mol. The number of amides is 1. The second-order valence-corrected chi connectivity index (χ2v) is 13.1. The van der Waals surface area contributed by atoms with E-state index >= 15 is 0 Å². The molecule has 5 rings (SSSR count). The molecule has 1 aromatic heterocycles. The molecular formula is C29H37N5O3S. The number of benzene rings is 2. The first-order valence-electron chi connectivity index (χ1n) is 13.4. The van der Waals surface area contributed by atoms with Gasteiger partial charge in [0.15, 0.2) is 0 Å². The van der Waals surface area contributed by atoms with Crippen molar-refractivity contribution in [3.05, 3.63) is 83.9 Å². The average Bonchev–Trinajstić information content (AvgIpc) is 3.46. The third-order valence-electron chi connectivity index (χ3n) is 8.52. The monoisotopic (exact) mass is 535 g/mol. The van der Waals surface area contributed by atoms with Crippen molar-refractivity contribution < 1.29 is 13.2 Å². The molecule has 1 saturated heterocycles. The molecule has 0 spiro atoms. The van der Waals surface area contributed by atoms with Gasteiger partial charge in [-0.3, -0.25) is 4.79 Å². The van der Waals surface area contributed by atoms with Gasteiger partial charge in [0.1, 0.15) is 17.9 Å². The van der Waals surface area contributed by atoms with Crippen molar-refractivity contribution >= 4 is 15.9 Å². The van der Waals surface area contributed by atoms with E-state index in [1.807, 2.05) is 80.2 Å². The molecule has 3 aromatic rings. The molecule has 0 N–H and O–H groups in total. The largest absolute Gasteiger partial charge is 0.348 e. The summed E-state index contributed by atoms with van der Waals surface area (Å²) in [5, 5.41) is 7.37. The number of nitrogens with zero attached hydrogens (tertiary/aromatic N) is 5. The maximum Gasteiger partial charge on any atom is 0.232 e. The summed E-state index contributed by atoms with van der Waals surface area (Å²) in [5.41, 5.74) is 2.20. The van der Waals surface area contributed by atoms with Crippen LogP contribution < -0.4 is 0 Å². The van der Waals surface area contributed by atoms with Gasteiger partial charge in [0, 0.05) is 32.7 Å². The highest BCUT2D eigenvalue weighted by molar-refractivity contribution is 7.89. The quantitative estimate of drug-likeness (QED) is 0.465. The van der Waals surface area contributed by atoms with Crippen LogP contribution in [0.1, 0.15) is 73.4 Å². The highest BCUT2D eigenvalue weighted by atomic mass is 32.2. The summed E-state index contributed by atoms with van der Waals surface area (Å²) >= 11 is 0. The second kappa shape index (κ2) is 10.6. The topological polar surface area (TPSA) is 88.4 Å². The van der Waals surface area contributed by atoms with Gasteiger partial charge in [-0.15, -0.1) is 10.2 Å². The van der Waals surface area contributed by atoms with Gasteiger partial charge in [0.05, 0.1) is 5.41 Å². The van der Waals surface area contributed by atoms with E-state index in [9.17, 15) is 13.2 Å². The number of likely N-dealkylation sites (N-methyl/N-ethyl adjacent to an activating group) is 1. The van der Waals surface area contributed by atoms with Gasteiger partial charge in [0.25, 0.3) is 0 Å². The summed E-state index contributed by atoms with van der Waals surface area (Å²) in [4.78, 5) is 15.2. The summed E-state index contributed by atoms with van der Waals surface area (Å²) in [5.74, 6) is 0.116. The van der Waals surface area contributed by atoms with E-state index in [0.29, 0.717) is 13.0 Å². The molecule has 2 atom stereocenters. The molecule has 1 aliphatic carbocycles. The fraction of sp³-hybridized carbons (Fsp3) is 0.483. The molecule has 0 bridgehead atoms. The summed E-state index contributed by atoms with van der Waals surface area (Å²) in [6.07, 6.45) is 8.16. The first kappa shape index (κ1) is 26.6. The Bertz CT molecular complexity index is 1330. The van der Waals surface area contributed by atoms with Crippen LogP contribution in [-0.2, 0) is 26.8 Å². The van der Waals surface area contributed by atoms with Crippen LogP contribution in [0.3, 0.4) is 0 Å². The highest BCUT2D eigenvalue weighted by Gasteiger charge is 2.45. The fourth-order valence-corrected chi connectivity index (χ4v) is 8.50. The van der Waals surface area contributed by atoms with E-state index in [1.165, 1.54) is 0 Å². The first-order chi connectivity index (χ1) is 18.2. The van der Waals surface area contributed by atoms with Gasteiger partial charge < -0.3 is 9.47 Å². The number of carbonyl (C=O) groups excluding carboxylic acids is 1. The minimum Gasteiger partial charge on any atom is -0.348 e. The molecule has 1 amide bonds. The molecule has 38 heavy (non-hydrogen) atoms. The van der Waals surface area contributed by atoms with Crippen LogP contribution in [0.2, 0.25) is 0 Å². The molecule has 8 nitrogen and oxygen atoms in total. The molecular weight excluding hydrogens is 498 g/mol. The summed E-state index contributed by atoms with van der Waals surface area (Å²) in [6.45, 7) is 2.32. The van der Waals surface area contributed by atoms with E-state index < -0.39 is 20.7 Å². The molecule has 2 aliphatic rings. The van der Waals surface area contributed by atoms with Crippen molar-refractivity contribution in [2.75, 3.05) is 14.1 Å². The van der Waals surface area contributed by atoms with Crippen LogP contribution in [0.4, 0.5) is 0 Å². The molecule has 0 radical (unpaired) electrons. The maximum absolute atomic E-state index is 13.7. The van der Waals surface area contributed by atoms with Crippen LogP contribution in [0.5, 0.6) is 0 Å². The van der Waals surface area contributed by atoms with Crippen LogP contribution in [0, 0.1) is 0 Å². The zero-order valence-corrected chi connectivity index (χ0v) is 23.2. The first-order valence-corrected chi connectivity index (χ1v) is 14.9. The molecule has 2 aromatic carbocycles. The Morgan fingerprint density at radius 3 is 2.18 bits per heavy atom. The lowest BCUT2D eigenvalue weighted by atomic mass is 9.67. The Morgan fingerprint density at radius 1 is 0.947 bits per heavy atom. The van der Waals surface area contributed by atoms with Crippen molar-refractivity contribution in [3.63, 3.8) is 0 Å². The van der Waals surface area contributed by atoms with Crippen LogP contribution in [0.15, 0.2) is 67.3 Å². The molecule has 2 fully saturated rings. The standard InChI is InChI=1S/C29H37N5O3S/c1-22-9-14-27(24-7-5-4-6-8-24)38(36,37)34(22)19-23-10-12-25(13-11-23)29(28(35)32(2)3)17-15-26(16-18-29)33-20-30-31-21-33/h4-8,10-13,20-22,26-27H,9,14-19H2,1-3H3/t22-,26-,27+,29-/m0/s1. The van der Waals surface area contributed by atoms with Crippen molar-refractivity contribution in [2.45, 2.75) is 74.7 Å². The van der Waals surface area contributed by atoms with Crippen molar-refractivity contribution in [1.29, 1.82) is 0 Å². The second-order valence-electron chi connectivity index (χ2n) is 11.0. The molecule has 202 valence electrons. The minimum atomic E-state index is -3.50. The molecule has 9 heteroatoms. The summed E-state index contributed by atoms with van der Waals surface area (Å²) < 4.78 is 31.0. The Balaban J connectivity index is 1.37. The SMILES string of the molecule is C[C@H]1CC[C@H](c2ccccc2)S(=O)(=O)N1Cc1ccc([C@]2(C(=O)N(C)C)CC[C@H](n3cnnc3)CC2)cc1. The van der Waals surface area contributed by atoms with Gasteiger partial charge in [-0.25, -0.2) is 8.42 Å². The maximum atomic E-state index is 13.7. The van der Waals surface area contributed by atoms with Crippen molar-refractivity contribution in [1.82, 2.24) is 24.0 Å². The summed E-state index contributed by atoms with van der Waals surface area (Å²) in [6, 6.07) is 17.8. The molecule has 1 saturated carbocycles. The number of carbonyl (C=O) groups is 1. The van der Waals surface area contributed by atoms with Gasteiger partial charge in [-0.05, 0) is 62.1 Å². The van der Waals surface area contributed by atoms with E-state index in [0.717, 1.165) is 48.8 Å². The van der Waals surface area contributed by atoms with Gasteiger partial charge in [0.2, 0.25) is 15.9 Å². The highest BCUT2D eigenvalue weighted by Crippen LogP contribution is 2.44. The molecule has 1 aliphatic heterocycles. The number of hydrogen-bond acceptors (Lipinski definition) is 5.